The van der Waals surface area contributed by atoms with Crippen LogP contribution in [-0.4, -0.2) is 25.7 Å². The lowest BCUT2D eigenvalue weighted by molar-refractivity contribution is -0.121. The summed E-state index contributed by atoms with van der Waals surface area (Å²) in [6.45, 7) is 1.94. The van der Waals surface area contributed by atoms with Gasteiger partial charge in [0.05, 0.1) is 13.7 Å². The molecular formula is C13H18N2O4. The Labute approximate surface area is 112 Å². The molecule has 2 amide bonds. The summed E-state index contributed by atoms with van der Waals surface area (Å²) < 4.78 is 9.70. The topological polar surface area (TPSA) is 76.7 Å². The van der Waals surface area contributed by atoms with Crippen LogP contribution in [0.2, 0.25) is 0 Å². The second-order valence-electron chi connectivity index (χ2n) is 3.75. The van der Waals surface area contributed by atoms with E-state index in [1.54, 1.807) is 14.0 Å². The largest absolute Gasteiger partial charge is 0.497 e. The van der Waals surface area contributed by atoms with Crippen molar-refractivity contribution in [1.29, 1.82) is 0 Å². The molecule has 0 aliphatic carbocycles. The predicted octanol–water partition coefficient (Wildman–Crippen LogP) is 1.41. The van der Waals surface area contributed by atoms with Crippen molar-refractivity contribution in [2.24, 2.45) is 0 Å². The summed E-state index contributed by atoms with van der Waals surface area (Å²) in [5, 5.41) is 0. The quantitative estimate of drug-likeness (QED) is 0.790. The first-order chi connectivity index (χ1) is 9.15. The average molecular weight is 266 g/mol. The van der Waals surface area contributed by atoms with Crippen LogP contribution in [-0.2, 0) is 16.0 Å². The van der Waals surface area contributed by atoms with Crippen molar-refractivity contribution in [2.75, 3.05) is 13.7 Å². The van der Waals surface area contributed by atoms with Gasteiger partial charge >= 0.3 is 6.09 Å². The minimum Gasteiger partial charge on any atom is -0.497 e. The van der Waals surface area contributed by atoms with Crippen LogP contribution < -0.4 is 15.6 Å². The zero-order valence-corrected chi connectivity index (χ0v) is 11.1. The van der Waals surface area contributed by atoms with E-state index in [0.717, 1.165) is 11.3 Å². The van der Waals surface area contributed by atoms with Gasteiger partial charge in [-0.15, -0.1) is 0 Å². The van der Waals surface area contributed by atoms with E-state index in [9.17, 15) is 9.59 Å². The Morgan fingerprint density at radius 3 is 2.74 bits per heavy atom. The SMILES string of the molecule is CCOC(=O)NNC(=O)CCc1cccc(OC)c1. The predicted molar refractivity (Wildman–Crippen MR) is 69.6 cm³/mol. The van der Waals surface area contributed by atoms with Crippen molar-refractivity contribution in [3.8, 4) is 5.75 Å². The lowest BCUT2D eigenvalue weighted by Crippen LogP contribution is -2.42. The maximum atomic E-state index is 11.5. The maximum Gasteiger partial charge on any atom is 0.426 e. The van der Waals surface area contributed by atoms with Crippen LogP contribution in [0.5, 0.6) is 5.75 Å². The fourth-order valence-electron chi connectivity index (χ4n) is 1.44. The molecule has 0 fully saturated rings. The first-order valence-corrected chi connectivity index (χ1v) is 6.00. The van der Waals surface area contributed by atoms with Gasteiger partial charge in [-0.25, -0.2) is 10.2 Å². The van der Waals surface area contributed by atoms with E-state index in [-0.39, 0.29) is 18.9 Å². The van der Waals surface area contributed by atoms with Crippen LogP contribution in [0.3, 0.4) is 0 Å². The van der Waals surface area contributed by atoms with Gasteiger partial charge in [0, 0.05) is 6.42 Å². The molecule has 0 radical (unpaired) electrons. The van der Waals surface area contributed by atoms with Crippen LogP contribution >= 0.6 is 0 Å². The van der Waals surface area contributed by atoms with Gasteiger partial charge in [0.25, 0.3) is 0 Å². The van der Waals surface area contributed by atoms with Crippen molar-refractivity contribution < 1.29 is 19.1 Å². The van der Waals surface area contributed by atoms with Crippen LogP contribution in [0.15, 0.2) is 24.3 Å². The van der Waals surface area contributed by atoms with Gasteiger partial charge in [0.1, 0.15) is 5.75 Å². The first-order valence-electron chi connectivity index (χ1n) is 6.00. The Morgan fingerprint density at radius 2 is 2.05 bits per heavy atom. The normalized spacial score (nSPS) is 9.58. The summed E-state index contributed by atoms with van der Waals surface area (Å²) in [5.41, 5.74) is 5.42. The zero-order chi connectivity index (χ0) is 14.1. The van der Waals surface area contributed by atoms with E-state index in [4.69, 9.17) is 4.74 Å². The molecule has 19 heavy (non-hydrogen) atoms. The molecule has 1 aromatic rings. The minimum atomic E-state index is -0.669. The molecule has 0 aliphatic rings. The number of methoxy groups -OCH3 is 1. The third-order valence-corrected chi connectivity index (χ3v) is 2.35. The lowest BCUT2D eigenvalue weighted by Gasteiger charge is -2.07. The molecule has 1 rings (SSSR count). The number of benzene rings is 1. The number of amides is 2. The van der Waals surface area contributed by atoms with E-state index in [0.29, 0.717) is 6.42 Å². The van der Waals surface area contributed by atoms with Gasteiger partial charge in [0.15, 0.2) is 0 Å². The molecule has 0 bridgehead atoms. The number of hydrogen-bond donors (Lipinski definition) is 2. The fraction of sp³-hybridized carbons (Fsp3) is 0.385. The third-order valence-electron chi connectivity index (χ3n) is 2.35. The van der Waals surface area contributed by atoms with Crippen LogP contribution in [0.1, 0.15) is 18.9 Å². The van der Waals surface area contributed by atoms with Crippen molar-refractivity contribution in [2.45, 2.75) is 19.8 Å². The molecule has 0 atom stereocenters. The van der Waals surface area contributed by atoms with Gasteiger partial charge in [-0.05, 0) is 31.0 Å². The van der Waals surface area contributed by atoms with Crippen LogP contribution in [0.25, 0.3) is 0 Å². The lowest BCUT2D eigenvalue weighted by atomic mass is 10.1. The Kier molecular flexibility index (Phi) is 6.21. The number of hydrogen-bond acceptors (Lipinski definition) is 4. The molecule has 0 saturated carbocycles. The van der Waals surface area contributed by atoms with Gasteiger partial charge < -0.3 is 9.47 Å². The molecule has 104 valence electrons. The molecule has 0 spiro atoms. The molecular weight excluding hydrogens is 248 g/mol. The highest BCUT2D eigenvalue weighted by molar-refractivity contribution is 5.79. The second kappa shape index (κ2) is 7.97. The highest BCUT2D eigenvalue weighted by atomic mass is 16.6. The summed E-state index contributed by atoms with van der Waals surface area (Å²) in [4.78, 5) is 22.4. The number of carbonyl (C=O) groups is 2. The summed E-state index contributed by atoms with van der Waals surface area (Å²) in [6.07, 6.45) is 0.157. The number of nitrogens with one attached hydrogen (secondary N) is 2. The highest BCUT2D eigenvalue weighted by Gasteiger charge is 2.05. The monoisotopic (exact) mass is 266 g/mol. The summed E-state index contributed by atoms with van der Waals surface area (Å²) in [7, 11) is 1.59. The zero-order valence-electron chi connectivity index (χ0n) is 11.1. The number of rotatable bonds is 5. The highest BCUT2D eigenvalue weighted by Crippen LogP contribution is 2.13. The van der Waals surface area contributed by atoms with Crippen LogP contribution in [0, 0.1) is 0 Å². The third kappa shape index (κ3) is 5.76. The van der Waals surface area contributed by atoms with Crippen molar-refractivity contribution in [3.05, 3.63) is 29.8 Å². The molecule has 2 N–H and O–H groups in total. The number of ether oxygens (including phenoxy) is 2. The Balaban J connectivity index is 2.31. The Bertz CT molecular complexity index is 434. The molecule has 0 heterocycles. The maximum absolute atomic E-state index is 11.5. The van der Waals surface area contributed by atoms with E-state index < -0.39 is 6.09 Å². The molecule has 1 aromatic carbocycles. The number of carbonyl (C=O) groups excluding carboxylic acids is 2. The Hall–Kier alpha value is -2.24. The number of hydrazine groups is 1. The minimum absolute atomic E-state index is 0.255. The van der Waals surface area contributed by atoms with Gasteiger partial charge in [0.2, 0.25) is 5.91 Å². The fourth-order valence-corrected chi connectivity index (χ4v) is 1.44. The van der Waals surface area contributed by atoms with E-state index in [2.05, 4.69) is 15.6 Å². The van der Waals surface area contributed by atoms with Crippen molar-refractivity contribution >= 4 is 12.0 Å². The molecule has 6 nitrogen and oxygen atoms in total. The van der Waals surface area contributed by atoms with E-state index in [1.807, 2.05) is 24.3 Å². The molecule has 0 unspecified atom stereocenters. The number of aryl methyl sites for hydroxylation is 1. The molecule has 6 heteroatoms. The standard InChI is InChI=1S/C13H18N2O4/c1-3-19-13(17)15-14-12(16)8-7-10-5-4-6-11(9-10)18-2/h4-6,9H,3,7-8H2,1-2H3,(H,14,16)(H,15,17). The average Bonchev–Trinajstić information content (AvgIpc) is 2.43. The van der Waals surface area contributed by atoms with Crippen molar-refractivity contribution in [1.82, 2.24) is 10.9 Å². The second-order valence-corrected chi connectivity index (χ2v) is 3.75. The molecule has 0 aliphatic heterocycles. The Morgan fingerprint density at radius 1 is 1.26 bits per heavy atom. The summed E-state index contributed by atoms with van der Waals surface area (Å²) in [6, 6.07) is 7.48. The molecule has 0 aromatic heterocycles. The van der Waals surface area contributed by atoms with Gasteiger partial charge in [-0.3, -0.25) is 10.2 Å². The smallest absolute Gasteiger partial charge is 0.426 e. The van der Waals surface area contributed by atoms with E-state index >= 15 is 0 Å². The van der Waals surface area contributed by atoms with Gasteiger partial charge in [-0.2, -0.15) is 0 Å². The first kappa shape index (κ1) is 14.8. The summed E-state index contributed by atoms with van der Waals surface area (Å²) in [5.74, 6) is 0.471. The van der Waals surface area contributed by atoms with Gasteiger partial charge in [-0.1, -0.05) is 12.1 Å². The summed E-state index contributed by atoms with van der Waals surface area (Å²) >= 11 is 0. The molecule has 0 saturated heterocycles. The van der Waals surface area contributed by atoms with Crippen LogP contribution in [0.4, 0.5) is 4.79 Å². The van der Waals surface area contributed by atoms with Crippen molar-refractivity contribution in [3.63, 3.8) is 0 Å². The van der Waals surface area contributed by atoms with E-state index in [1.165, 1.54) is 0 Å².